The van der Waals surface area contributed by atoms with Crippen LogP contribution in [0, 0.1) is 13.8 Å². The molecule has 1 aromatic heterocycles. The lowest BCUT2D eigenvalue weighted by atomic mass is 10.1. The third-order valence-electron chi connectivity index (χ3n) is 3.77. The summed E-state index contributed by atoms with van der Waals surface area (Å²) in [5.41, 5.74) is 2.47. The Morgan fingerprint density at radius 2 is 2.04 bits per heavy atom. The second kappa shape index (κ2) is 7.78. The number of carbonyl (C=O) groups is 1. The van der Waals surface area contributed by atoms with Gasteiger partial charge in [-0.1, -0.05) is 23.4 Å². The molecule has 2 rings (SSSR count). The Morgan fingerprint density at radius 1 is 1.30 bits per heavy atom. The number of hydrogen-bond donors (Lipinski definition) is 1. The maximum Gasteiger partial charge on any atom is 0.224 e. The van der Waals surface area contributed by atoms with Gasteiger partial charge in [-0.05, 0) is 19.9 Å². The summed E-state index contributed by atoms with van der Waals surface area (Å²) in [7, 11) is 3.22. The maximum atomic E-state index is 12.2. The summed E-state index contributed by atoms with van der Waals surface area (Å²) in [4.78, 5) is 12.2. The topological polar surface area (TPSA) is 73.6 Å². The van der Waals surface area contributed by atoms with E-state index in [0.29, 0.717) is 12.3 Å². The molecule has 0 aliphatic heterocycles. The first-order valence-electron chi connectivity index (χ1n) is 7.41. The predicted molar refractivity (Wildman–Crippen MR) is 85.4 cm³/mol. The molecule has 0 saturated carbocycles. The van der Waals surface area contributed by atoms with Gasteiger partial charge in [0, 0.05) is 24.8 Å². The zero-order chi connectivity index (χ0) is 16.8. The van der Waals surface area contributed by atoms with Gasteiger partial charge in [-0.3, -0.25) is 4.79 Å². The molecule has 0 saturated heterocycles. The van der Waals surface area contributed by atoms with Gasteiger partial charge in [0.05, 0.1) is 19.2 Å². The van der Waals surface area contributed by atoms with E-state index >= 15 is 0 Å². The quantitative estimate of drug-likeness (QED) is 0.848. The van der Waals surface area contributed by atoms with Crippen LogP contribution < -0.4 is 10.1 Å². The predicted octanol–water partition coefficient (Wildman–Crippen LogP) is 2.35. The molecular weight excluding hydrogens is 296 g/mol. The van der Waals surface area contributed by atoms with Crippen LogP contribution in [-0.2, 0) is 16.0 Å². The molecule has 6 heteroatoms. The van der Waals surface area contributed by atoms with Crippen LogP contribution in [0.5, 0.6) is 5.75 Å². The Hall–Kier alpha value is -2.34. The van der Waals surface area contributed by atoms with Crippen molar-refractivity contribution in [2.24, 2.45) is 0 Å². The molecular formula is C17H22N2O4. The molecule has 0 fully saturated rings. The van der Waals surface area contributed by atoms with E-state index in [1.165, 1.54) is 0 Å². The van der Waals surface area contributed by atoms with Crippen molar-refractivity contribution < 1.29 is 18.8 Å². The number of hydrogen-bond acceptors (Lipinski definition) is 5. The van der Waals surface area contributed by atoms with Gasteiger partial charge in [-0.25, -0.2) is 0 Å². The number of methoxy groups -OCH3 is 2. The van der Waals surface area contributed by atoms with Gasteiger partial charge in [0.25, 0.3) is 0 Å². The lowest BCUT2D eigenvalue weighted by Crippen LogP contribution is -2.30. The number of para-hydroxylation sites is 1. The fourth-order valence-electron chi connectivity index (χ4n) is 2.44. The van der Waals surface area contributed by atoms with E-state index in [1.54, 1.807) is 21.1 Å². The molecule has 1 heterocycles. The van der Waals surface area contributed by atoms with Crippen LogP contribution in [0.2, 0.25) is 0 Å². The molecule has 1 atom stereocenters. The van der Waals surface area contributed by atoms with Gasteiger partial charge in [0.2, 0.25) is 5.91 Å². The highest BCUT2D eigenvalue weighted by Gasteiger charge is 2.18. The average Bonchev–Trinajstić information content (AvgIpc) is 2.87. The zero-order valence-corrected chi connectivity index (χ0v) is 13.9. The van der Waals surface area contributed by atoms with Crippen molar-refractivity contribution in [3.8, 4) is 5.75 Å². The van der Waals surface area contributed by atoms with Gasteiger partial charge >= 0.3 is 0 Å². The second-order valence-corrected chi connectivity index (χ2v) is 5.25. The van der Waals surface area contributed by atoms with E-state index in [1.807, 2.05) is 31.2 Å². The number of nitrogens with one attached hydrogen (secondary N) is 1. The average molecular weight is 318 g/mol. The minimum absolute atomic E-state index is 0.101. The number of ether oxygens (including phenoxy) is 2. The number of aryl methyl sites for hydroxylation is 2. The van der Waals surface area contributed by atoms with Crippen LogP contribution in [0.15, 0.2) is 28.8 Å². The molecule has 124 valence electrons. The summed E-state index contributed by atoms with van der Waals surface area (Å²) >= 11 is 0. The Bertz CT molecular complexity index is 647. The molecule has 1 aromatic carbocycles. The first-order valence-corrected chi connectivity index (χ1v) is 7.41. The molecule has 0 bridgehead atoms. The van der Waals surface area contributed by atoms with Gasteiger partial charge in [-0.15, -0.1) is 0 Å². The molecule has 2 aromatic rings. The molecule has 6 nitrogen and oxygen atoms in total. The van der Waals surface area contributed by atoms with Crippen LogP contribution in [0.4, 0.5) is 0 Å². The zero-order valence-electron chi connectivity index (χ0n) is 13.9. The van der Waals surface area contributed by atoms with Crippen molar-refractivity contribution in [2.45, 2.75) is 26.4 Å². The number of rotatable bonds is 7. The Labute approximate surface area is 135 Å². The molecule has 0 aliphatic carbocycles. The summed E-state index contributed by atoms with van der Waals surface area (Å²) in [6.45, 7) is 3.99. The third-order valence-corrected chi connectivity index (χ3v) is 3.77. The van der Waals surface area contributed by atoms with Crippen molar-refractivity contribution in [1.29, 1.82) is 0 Å². The van der Waals surface area contributed by atoms with Crippen molar-refractivity contribution in [3.05, 3.63) is 46.8 Å². The van der Waals surface area contributed by atoms with Crippen LogP contribution in [-0.4, -0.2) is 31.8 Å². The van der Waals surface area contributed by atoms with E-state index in [-0.39, 0.29) is 18.4 Å². The monoisotopic (exact) mass is 318 g/mol. The molecule has 0 aliphatic rings. The van der Waals surface area contributed by atoms with Gasteiger partial charge in [-0.2, -0.15) is 0 Å². The number of nitrogens with zero attached hydrogens (tertiary/aromatic N) is 1. The molecule has 1 amide bonds. The third kappa shape index (κ3) is 4.10. The van der Waals surface area contributed by atoms with Crippen LogP contribution >= 0.6 is 0 Å². The highest BCUT2D eigenvalue weighted by atomic mass is 16.5. The van der Waals surface area contributed by atoms with Crippen molar-refractivity contribution in [3.63, 3.8) is 0 Å². The smallest absolute Gasteiger partial charge is 0.224 e. The van der Waals surface area contributed by atoms with E-state index < -0.39 is 0 Å². The largest absolute Gasteiger partial charge is 0.496 e. The number of carbonyl (C=O) groups excluding carboxylic acids is 1. The Kier molecular flexibility index (Phi) is 5.76. The fourth-order valence-corrected chi connectivity index (χ4v) is 2.44. The minimum Gasteiger partial charge on any atom is -0.496 e. The SMILES string of the molecule is COc1ccccc1[C@H](CNC(=O)Cc1c(C)noc1C)OC. The van der Waals surface area contributed by atoms with Crippen molar-refractivity contribution in [1.82, 2.24) is 10.5 Å². The Balaban J connectivity index is 1.99. The standard InChI is InChI=1S/C17H22N2O4/c1-11-14(12(2)23-19-11)9-17(20)18-10-16(22-4)13-7-5-6-8-15(13)21-3/h5-8,16H,9-10H2,1-4H3,(H,18,20)/t16-/m0/s1. The number of benzene rings is 1. The summed E-state index contributed by atoms with van der Waals surface area (Å²) in [5.74, 6) is 1.31. The fraction of sp³-hybridized carbons (Fsp3) is 0.412. The van der Waals surface area contributed by atoms with Gasteiger partial charge in [0.15, 0.2) is 0 Å². The molecule has 0 unspecified atom stereocenters. The van der Waals surface area contributed by atoms with Crippen LogP contribution in [0.1, 0.15) is 28.7 Å². The van der Waals surface area contributed by atoms with Crippen molar-refractivity contribution in [2.75, 3.05) is 20.8 Å². The van der Waals surface area contributed by atoms with E-state index in [2.05, 4.69) is 10.5 Å². The first-order chi connectivity index (χ1) is 11.1. The lowest BCUT2D eigenvalue weighted by molar-refractivity contribution is -0.121. The molecule has 23 heavy (non-hydrogen) atoms. The van der Waals surface area contributed by atoms with Gasteiger partial charge < -0.3 is 19.3 Å². The van der Waals surface area contributed by atoms with E-state index in [4.69, 9.17) is 14.0 Å². The first kappa shape index (κ1) is 17.0. The minimum atomic E-state index is -0.278. The second-order valence-electron chi connectivity index (χ2n) is 5.25. The van der Waals surface area contributed by atoms with E-state index in [0.717, 1.165) is 22.6 Å². The summed E-state index contributed by atoms with van der Waals surface area (Å²) in [5, 5.41) is 6.74. The lowest BCUT2D eigenvalue weighted by Gasteiger charge is -2.19. The summed E-state index contributed by atoms with van der Waals surface area (Å²) in [6, 6.07) is 7.60. The van der Waals surface area contributed by atoms with E-state index in [9.17, 15) is 4.79 Å². The van der Waals surface area contributed by atoms with Gasteiger partial charge in [0.1, 0.15) is 17.6 Å². The maximum absolute atomic E-state index is 12.2. The Morgan fingerprint density at radius 3 is 2.65 bits per heavy atom. The molecule has 1 N–H and O–H groups in total. The molecule has 0 spiro atoms. The van der Waals surface area contributed by atoms with Crippen LogP contribution in [0.3, 0.4) is 0 Å². The number of amides is 1. The molecule has 0 radical (unpaired) electrons. The van der Waals surface area contributed by atoms with Crippen molar-refractivity contribution >= 4 is 5.91 Å². The summed E-state index contributed by atoms with van der Waals surface area (Å²) in [6.07, 6.45) is -0.0384. The van der Waals surface area contributed by atoms with Crippen LogP contribution in [0.25, 0.3) is 0 Å². The highest BCUT2D eigenvalue weighted by Crippen LogP contribution is 2.26. The normalized spacial score (nSPS) is 12.0. The highest BCUT2D eigenvalue weighted by molar-refractivity contribution is 5.79. The summed E-state index contributed by atoms with van der Waals surface area (Å²) < 4.78 is 15.9. The number of aromatic nitrogens is 1.